The molecule has 6 nitrogen and oxygen atoms in total. The van der Waals surface area contributed by atoms with Crippen LogP contribution in [0, 0.1) is 13.8 Å². The molecular formula is C24H30N4O2. The summed E-state index contributed by atoms with van der Waals surface area (Å²) in [7, 11) is 0. The third-order valence-corrected chi connectivity index (χ3v) is 6.05. The molecule has 3 aromatic rings. The van der Waals surface area contributed by atoms with Crippen molar-refractivity contribution in [1.82, 2.24) is 20.4 Å². The van der Waals surface area contributed by atoms with E-state index in [4.69, 9.17) is 4.52 Å². The fraction of sp³-hybridized carbons (Fsp3) is 0.458. The molecule has 2 aromatic heterocycles. The lowest BCUT2D eigenvalue weighted by Gasteiger charge is -2.32. The zero-order valence-corrected chi connectivity index (χ0v) is 18.2. The number of piperidine rings is 1. The molecule has 1 amide bonds. The van der Waals surface area contributed by atoms with Crippen molar-refractivity contribution in [1.29, 1.82) is 0 Å². The molecule has 158 valence electrons. The van der Waals surface area contributed by atoms with E-state index in [0.29, 0.717) is 22.4 Å². The Morgan fingerprint density at radius 3 is 2.67 bits per heavy atom. The van der Waals surface area contributed by atoms with E-state index in [1.807, 2.05) is 13.0 Å². The summed E-state index contributed by atoms with van der Waals surface area (Å²) in [5, 5.41) is 7.98. The highest BCUT2D eigenvalue weighted by Gasteiger charge is 2.24. The summed E-state index contributed by atoms with van der Waals surface area (Å²) in [4.78, 5) is 20.1. The minimum Gasteiger partial charge on any atom is -0.349 e. The Bertz CT molecular complexity index is 1050. The van der Waals surface area contributed by atoms with Crippen molar-refractivity contribution in [3.05, 3.63) is 58.4 Å². The average Bonchev–Trinajstić information content (AvgIpc) is 3.11. The SMILES string of the molecule is Cc1ccccc1CN1CCC(NC(=O)c2cc(C(C)C)nc3onc(C)c23)CC1. The van der Waals surface area contributed by atoms with Gasteiger partial charge in [0, 0.05) is 31.4 Å². The molecule has 0 aliphatic carbocycles. The van der Waals surface area contributed by atoms with Crippen LogP contribution in [-0.4, -0.2) is 40.1 Å². The Balaban J connectivity index is 1.43. The topological polar surface area (TPSA) is 71.3 Å². The zero-order chi connectivity index (χ0) is 21.3. The number of pyridine rings is 1. The molecule has 1 N–H and O–H groups in total. The molecule has 0 radical (unpaired) electrons. The predicted octanol–water partition coefficient (Wildman–Crippen LogP) is 4.36. The van der Waals surface area contributed by atoms with Crippen LogP contribution in [0.5, 0.6) is 0 Å². The van der Waals surface area contributed by atoms with Gasteiger partial charge in [0.15, 0.2) is 0 Å². The minimum absolute atomic E-state index is 0.0621. The Hall–Kier alpha value is -2.73. The lowest BCUT2D eigenvalue weighted by molar-refractivity contribution is 0.0910. The third-order valence-electron chi connectivity index (χ3n) is 6.05. The highest BCUT2D eigenvalue weighted by molar-refractivity contribution is 6.06. The highest BCUT2D eigenvalue weighted by atomic mass is 16.5. The standard InChI is InChI=1S/C24H30N4O2/c1-15(2)21-13-20(22-17(4)27-30-24(22)26-21)23(29)25-19-9-11-28(12-10-19)14-18-8-6-5-7-16(18)3/h5-8,13,15,19H,9-12,14H2,1-4H3,(H,25,29). The number of benzene rings is 1. The molecule has 1 aliphatic heterocycles. The van der Waals surface area contributed by atoms with E-state index in [1.54, 1.807) is 0 Å². The van der Waals surface area contributed by atoms with E-state index in [0.717, 1.165) is 38.2 Å². The Labute approximate surface area is 177 Å². The number of aryl methyl sites for hydroxylation is 2. The maximum Gasteiger partial charge on any atom is 0.259 e. The lowest BCUT2D eigenvalue weighted by atomic mass is 10.0. The van der Waals surface area contributed by atoms with Gasteiger partial charge < -0.3 is 9.84 Å². The van der Waals surface area contributed by atoms with Gasteiger partial charge in [-0.25, -0.2) is 4.98 Å². The van der Waals surface area contributed by atoms with Crippen LogP contribution in [0.15, 0.2) is 34.9 Å². The number of nitrogens with zero attached hydrogens (tertiary/aromatic N) is 3. The van der Waals surface area contributed by atoms with E-state index in [-0.39, 0.29) is 17.9 Å². The molecule has 1 fully saturated rings. The largest absolute Gasteiger partial charge is 0.349 e. The second-order valence-corrected chi connectivity index (χ2v) is 8.65. The van der Waals surface area contributed by atoms with Gasteiger partial charge in [0.1, 0.15) is 0 Å². The molecule has 6 heteroatoms. The first-order valence-corrected chi connectivity index (χ1v) is 10.8. The first-order chi connectivity index (χ1) is 14.4. The molecule has 3 heterocycles. The number of carbonyl (C=O) groups excluding carboxylic acids is 1. The number of carbonyl (C=O) groups is 1. The van der Waals surface area contributed by atoms with Gasteiger partial charge in [-0.1, -0.05) is 43.3 Å². The molecule has 0 saturated carbocycles. The molecule has 4 rings (SSSR count). The number of likely N-dealkylation sites (tertiary alicyclic amines) is 1. The second kappa shape index (κ2) is 8.56. The quantitative estimate of drug-likeness (QED) is 0.682. The first-order valence-electron chi connectivity index (χ1n) is 10.8. The smallest absolute Gasteiger partial charge is 0.259 e. The van der Waals surface area contributed by atoms with Crippen LogP contribution in [0.3, 0.4) is 0 Å². The monoisotopic (exact) mass is 406 g/mol. The Morgan fingerprint density at radius 1 is 1.23 bits per heavy atom. The molecule has 0 spiro atoms. The Morgan fingerprint density at radius 2 is 1.97 bits per heavy atom. The molecule has 1 aromatic carbocycles. The summed E-state index contributed by atoms with van der Waals surface area (Å²) >= 11 is 0. The molecule has 1 aliphatic rings. The maximum atomic E-state index is 13.1. The molecule has 0 unspecified atom stereocenters. The number of fused-ring (bicyclic) bond motifs is 1. The predicted molar refractivity (Wildman–Crippen MR) is 118 cm³/mol. The minimum atomic E-state index is -0.0621. The summed E-state index contributed by atoms with van der Waals surface area (Å²) in [5.41, 5.74) is 5.31. The van der Waals surface area contributed by atoms with E-state index in [9.17, 15) is 4.79 Å². The molecule has 1 saturated heterocycles. The normalized spacial score (nSPS) is 15.8. The van der Waals surface area contributed by atoms with Crippen molar-refractivity contribution in [3.8, 4) is 0 Å². The van der Waals surface area contributed by atoms with Crippen molar-refractivity contribution in [2.45, 2.75) is 59.0 Å². The third kappa shape index (κ3) is 4.24. The van der Waals surface area contributed by atoms with Gasteiger partial charge in [-0.05, 0) is 49.8 Å². The van der Waals surface area contributed by atoms with E-state index in [2.05, 4.69) is 65.4 Å². The molecular weight excluding hydrogens is 376 g/mol. The van der Waals surface area contributed by atoms with Crippen LogP contribution in [0.4, 0.5) is 0 Å². The van der Waals surface area contributed by atoms with Gasteiger partial charge in [-0.15, -0.1) is 0 Å². The lowest BCUT2D eigenvalue weighted by Crippen LogP contribution is -2.44. The van der Waals surface area contributed by atoms with Crippen LogP contribution in [0.25, 0.3) is 11.1 Å². The van der Waals surface area contributed by atoms with Crippen LogP contribution < -0.4 is 5.32 Å². The van der Waals surface area contributed by atoms with Crippen molar-refractivity contribution >= 4 is 17.0 Å². The Kier molecular flexibility index (Phi) is 5.86. The van der Waals surface area contributed by atoms with Crippen LogP contribution in [0.2, 0.25) is 0 Å². The van der Waals surface area contributed by atoms with Crippen molar-refractivity contribution in [2.24, 2.45) is 0 Å². The van der Waals surface area contributed by atoms with Crippen molar-refractivity contribution in [2.75, 3.05) is 13.1 Å². The summed E-state index contributed by atoms with van der Waals surface area (Å²) in [5.74, 6) is 0.143. The summed E-state index contributed by atoms with van der Waals surface area (Å²) in [6.45, 7) is 11.1. The summed E-state index contributed by atoms with van der Waals surface area (Å²) in [6.07, 6.45) is 1.90. The van der Waals surface area contributed by atoms with Gasteiger partial charge in [0.2, 0.25) is 0 Å². The number of rotatable bonds is 5. The number of nitrogens with one attached hydrogen (secondary N) is 1. The zero-order valence-electron chi connectivity index (χ0n) is 18.2. The fourth-order valence-corrected chi connectivity index (χ4v) is 4.12. The van der Waals surface area contributed by atoms with Crippen molar-refractivity contribution < 1.29 is 9.32 Å². The van der Waals surface area contributed by atoms with Crippen LogP contribution >= 0.6 is 0 Å². The molecule has 30 heavy (non-hydrogen) atoms. The van der Waals surface area contributed by atoms with Gasteiger partial charge in [-0.2, -0.15) is 0 Å². The number of hydrogen-bond acceptors (Lipinski definition) is 5. The summed E-state index contributed by atoms with van der Waals surface area (Å²) in [6, 6.07) is 10.6. The molecule has 0 bridgehead atoms. The van der Waals surface area contributed by atoms with Crippen LogP contribution in [0.1, 0.15) is 65.5 Å². The van der Waals surface area contributed by atoms with E-state index >= 15 is 0 Å². The van der Waals surface area contributed by atoms with E-state index in [1.165, 1.54) is 11.1 Å². The van der Waals surface area contributed by atoms with Gasteiger partial charge in [-0.3, -0.25) is 9.69 Å². The number of amides is 1. The fourth-order valence-electron chi connectivity index (χ4n) is 4.12. The van der Waals surface area contributed by atoms with Crippen LogP contribution in [-0.2, 0) is 6.54 Å². The van der Waals surface area contributed by atoms with E-state index < -0.39 is 0 Å². The molecule has 0 atom stereocenters. The summed E-state index contributed by atoms with van der Waals surface area (Å²) < 4.78 is 5.35. The van der Waals surface area contributed by atoms with Gasteiger partial charge in [0.05, 0.1) is 16.6 Å². The van der Waals surface area contributed by atoms with Crippen molar-refractivity contribution in [3.63, 3.8) is 0 Å². The van der Waals surface area contributed by atoms with Gasteiger partial charge >= 0.3 is 0 Å². The number of hydrogen-bond donors (Lipinski definition) is 1. The highest BCUT2D eigenvalue weighted by Crippen LogP contribution is 2.25. The first kappa shape index (κ1) is 20.5. The second-order valence-electron chi connectivity index (χ2n) is 8.65. The maximum absolute atomic E-state index is 13.1. The number of aromatic nitrogens is 2. The van der Waals surface area contributed by atoms with Gasteiger partial charge in [0.25, 0.3) is 11.6 Å². The average molecular weight is 407 g/mol.